The summed E-state index contributed by atoms with van der Waals surface area (Å²) in [6, 6.07) is 16.1. The molecule has 0 aliphatic carbocycles. The first-order valence-electron chi connectivity index (χ1n) is 6.46. The molecule has 3 heteroatoms. The van der Waals surface area contributed by atoms with Crippen LogP contribution in [-0.4, -0.2) is 0 Å². The van der Waals surface area contributed by atoms with Crippen molar-refractivity contribution in [3.05, 3.63) is 64.1 Å². The topological polar surface area (TPSA) is 12.0 Å². The quantitative estimate of drug-likeness (QED) is 0.718. The van der Waals surface area contributed by atoms with E-state index in [2.05, 4.69) is 24.4 Å². The van der Waals surface area contributed by atoms with E-state index in [0.717, 1.165) is 28.6 Å². The molecule has 0 aromatic heterocycles. The molecule has 0 amide bonds. The predicted octanol–water partition coefficient (Wildman–Crippen LogP) is 5.95. The Morgan fingerprint density at radius 3 is 1.95 bits per heavy atom. The molecule has 0 radical (unpaired) electrons. The van der Waals surface area contributed by atoms with Crippen molar-refractivity contribution in [3.8, 4) is 0 Å². The third-order valence-corrected chi connectivity index (χ3v) is 3.54. The van der Waals surface area contributed by atoms with Crippen LogP contribution in [0.2, 0.25) is 10.0 Å². The molecule has 100 valence electrons. The number of anilines is 1. The van der Waals surface area contributed by atoms with Gasteiger partial charge in [-0.15, -0.1) is 0 Å². The lowest BCUT2D eigenvalue weighted by Gasteiger charge is -2.20. The zero-order valence-electron chi connectivity index (χ0n) is 10.9. The first-order chi connectivity index (χ1) is 9.19. The van der Waals surface area contributed by atoms with Crippen LogP contribution in [-0.2, 0) is 0 Å². The van der Waals surface area contributed by atoms with Gasteiger partial charge in [-0.25, -0.2) is 0 Å². The van der Waals surface area contributed by atoms with Crippen LogP contribution in [0.5, 0.6) is 0 Å². The Labute approximate surface area is 124 Å². The summed E-state index contributed by atoms with van der Waals surface area (Å²) in [6.07, 6.45) is 2.19. The van der Waals surface area contributed by atoms with Crippen molar-refractivity contribution in [2.45, 2.75) is 25.8 Å². The fourth-order valence-corrected chi connectivity index (χ4v) is 2.31. The number of hydrogen-bond acceptors (Lipinski definition) is 1. The second kappa shape index (κ2) is 6.83. The van der Waals surface area contributed by atoms with Crippen molar-refractivity contribution in [1.29, 1.82) is 0 Å². The van der Waals surface area contributed by atoms with Crippen LogP contribution in [0, 0.1) is 0 Å². The van der Waals surface area contributed by atoms with Gasteiger partial charge in [0, 0.05) is 15.7 Å². The maximum Gasteiger partial charge on any atom is 0.0513 e. The average molecular weight is 294 g/mol. The molecule has 0 spiro atoms. The smallest absolute Gasteiger partial charge is 0.0513 e. The van der Waals surface area contributed by atoms with Gasteiger partial charge in [0.2, 0.25) is 0 Å². The second-order valence-electron chi connectivity index (χ2n) is 4.54. The minimum atomic E-state index is 0.295. The van der Waals surface area contributed by atoms with Crippen LogP contribution in [0.1, 0.15) is 31.4 Å². The van der Waals surface area contributed by atoms with E-state index < -0.39 is 0 Å². The van der Waals surface area contributed by atoms with Crippen molar-refractivity contribution < 1.29 is 0 Å². The van der Waals surface area contributed by atoms with Gasteiger partial charge in [-0.3, -0.25) is 0 Å². The number of benzene rings is 2. The van der Waals surface area contributed by atoms with Gasteiger partial charge in [0.15, 0.2) is 0 Å². The fraction of sp³-hybridized carbons (Fsp3) is 0.250. The van der Waals surface area contributed by atoms with Crippen molar-refractivity contribution >= 4 is 28.9 Å². The lowest BCUT2D eigenvalue weighted by atomic mass is 10.0. The van der Waals surface area contributed by atoms with E-state index in [1.54, 1.807) is 0 Å². The largest absolute Gasteiger partial charge is 0.378 e. The van der Waals surface area contributed by atoms with E-state index in [1.807, 2.05) is 36.4 Å². The molecule has 0 fully saturated rings. The van der Waals surface area contributed by atoms with E-state index >= 15 is 0 Å². The highest BCUT2D eigenvalue weighted by molar-refractivity contribution is 6.30. The van der Waals surface area contributed by atoms with E-state index in [1.165, 1.54) is 5.56 Å². The van der Waals surface area contributed by atoms with Gasteiger partial charge in [-0.2, -0.15) is 0 Å². The van der Waals surface area contributed by atoms with Crippen molar-refractivity contribution in [2.75, 3.05) is 5.32 Å². The van der Waals surface area contributed by atoms with Crippen molar-refractivity contribution in [2.24, 2.45) is 0 Å². The van der Waals surface area contributed by atoms with Crippen LogP contribution < -0.4 is 5.32 Å². The van der Waals surface area contributed by atoms with Crippen molar-refractivity contribution in [3.63, 3.8) is 0 Å². The first-order valence-corrected chi connectivity index (χ1v) is 7.22. The molecule has 1 atom stereocenters. The van der Waals surface area contributed by atoms with E-state index in [0.29, 0.717) is 6.04 Å². The lowest BCUT2D eigenvalue weighted by molar-refractivity contribution is 0.677. The van der Waals surface area contributed by atoms with Gasteiger partial charge in [0.05, 0.1) is 6.04 Å². The monoisotopic (exact) mass is 293 g/mol. The van der Waals surface area contributed by atoms with Gasteiger partial charge in [0.25, 0.3) is 0 Å². The standard InChI is InChI=1S/C16H17Cl2N/c1-2-3-16(12-4-6-13(17)7-5-12)19-15-10-8-14(18)9-11-15/h4-11,16,19H,2-3H2,1H3. The minimum Gasteiger partial charge on any atom is -0.378 e. The predicted molar refractivity (Wildman–Crippen MR) is 84.2 cm³/mol. The maximum absolute atomic E-state index is 5.94. The van der Waals surface area contributed by atoms with Crippen molar-refractivity contribution in [1.82, 2.24) is 0 Å². The third-order valence-electron chi connectivity index (χ3n) is 3.03. The summed E-state index contributed by atoms with van der Waals surface area (Å²) in [4.78, 5) is 0. The summed E-state index contributed by atoms with van der Waals surface area (Å²) in [7, 11) is 0. The highest BCUT2D eigenvalue weighted by Crippen LogP contribution is 2.25. The average Bonchev–Trinajstić information content (AvgIpc) is 2.42. The summed E-state index contributed by atoms with van der Waals surface area (Å²) in [5.74, 6) is 0. The molecule has 2 rings (SSSR count). The lowest BCUT2D eigenvalue weighted by Crippen LogP contribution is -2.10. The maximum atomic E-state index is 5.94. The Bertz CT molecular complexity index is 505. The van der Waals surface area contributed by atoms with Crippen LogP contribution in [0.25, 0.3) is 0 Å². The fourth-order valence-electron chi connectivity index (χ4n) is 2.05. The molecule has 1 unspecified atom stereocenters. The summed E-state index contributed by atoms with van der Waals surface area (Å²) in [6.45, 7) is 2.19. The van der Waals surface area contributed by atoms with E-state index in [9.17, 15) is 0 Å². The molecule has 0 heterocycles. The number of nitrogens with one attached hydrogen (secondary N) is 1. The number of hydrogen-bond donors (Lipinski definition) is 1. The summed E-state index contributed by atoms with van der Waals surface area (Å²) >= 11 is 11.8. The van der Waals surface area contributed by atoms with Crippen LogP contribution in [0.15, 0.2) is 48.5 Å². The summed E-state index contributed by atoms with van der Waals surface area (Å²) < 4.78 is 0. The Kier molecular flexibility index (Phi) is 5.12. The van der Waals surface area contributed by atoms with Gasteiger partial charge in [0.1, 0.15) is 0 Å². The summed E-state index contributed by atoms with van der Waals surface area (Å²) in [5, 5.41) is 5.06. The van der Waals surface area contributed by atoms with Gasteiger partial charge < -0.3 is 5.32 Å². The Morgan fingerprint density at radius 1 is 0.895 bits per heavy atom. The molecule has 2 aromatic rings. The SMILES string of the molecule is CCCC(Nc1ccc(Cl)cc1)c1ccc(Cl)cc1. The third kappa shape index (κ3) is 4.15. The zero-order valence-corrected chi connectivity index (χ0v) is 12.4. The van der Waals surface area contributed by atoms with E-state index in [-0.39, 0.29) is 0 Å². The molecule has 1 N–H and O–H groups in total. The summed E-state index contributed by atoms with van der Waals surface area (Å²) in [5.41, 5.74) is 2.33. The first kappa shape index (κ1) is 14.2. The van der Waals surface area contributed by atoms with Crippen LogP contribution in [0.4, 0.5) is 5.69 Å². The molecule has 0 aliphatic rings. The Balaban J connectivity index is 2.15. The van der Waals surface area contributed by atoms with Gasteiger partial charge >= 0.3 is 0 Å². The molecule has 0 saturated carbocycles. The molecule has 2 aromatic carbocycles. The second-order valence-corrected chi connectivity index (χ2v) is 5.42. The Hall–Kier alpha value is -1.18. The number of halogens is 2. The van der Waals surface area contributed by atoms with Gasteiger partial charge in [-0.1, -0.05) is 48.7 Å². The van der Waals surface area contributed by atoms with Gasteiger partial charge in [-0.05, 0) is 48.4 Å². The molecule has 19 heavy (non-hydrogen) atoms. The van der Waals surface area contributed by atoms with Crippen LogP contribution >= 0.6 is 23.2 Å². The minimum absolute atomic E-state index is 0.295. The molecular formula is C16H17Cl2N. The highest BCUT2D eigenvalue weighted by atomic mass is 35.5. The molecule has 1 nitrogen and oxygen atoms in total. The van der Waals surface area contributed by atoms with Crippen LogP contribution in [0.3, 0.4) is 0 Å². The van der Waals surface area contributed by atoms with E-state index in [4.69, 9.17) is 23.2 Å². The molecule has 0 saturated heterocycles. The molecular weight excluding hydrogens is 277 g/mol. The molecule has 0 bridgehead atoms. The Morgan fingerprint density at radius 2 is 1.42 bits per heavy atom. The number of rotatable bonds is 5. The highest BCUT2D eigenvalue weighted by Gasteiger charge is 2.10. The normalized spacial score (nSPS) is 12.2. The molecule has 0 aliphatic heterocycles. The zero-order chi connectivity index (χ0) is 13.7.